The Bertz CT molecular complexity index is 567. The molecule has 3 rings (SSSR count). The van der Waals surface area contributed by atoms with Crippen molar-refractivity contribution < 1.29 is 9.53 Å². The van der Waals surface area contributed by atoms with Crippen LogP contribution >= 0.6 is 0 Å². The lowest BCUT2D eigenvalue weighted by Crippen LogP contribution is -2.33. The second-order valence-corrected chi connectivity index (χ2v) is 7.35. The number of amides is 1. The van der Waals surface area contributed by atoms with E-state index >= 15 is 0 Å². The lowest BCUT2D eigenvalue weighted by atomic mass is 9.92. The van der Waals surface area contributed by atoms with Gasteiger partial charge in [0.25, 0.3) is 0 Å². The molecule has 1 aliphatic heterocycles. The largest absolute Gasteiger partial charge is 0.492 e. The van der Waals surface area contributed by atoms with Crippen molar-refractivity contribution in [3.8, 4) is 5.75 Å². The molecule has 1 unspecified atom stereocenters. The zero-order chi connectivity index (χ0) is 17.0. The number of hydrogen-bond donors (Lipinski definition) is 2. The maximum Gasteiger partial charge on any atom is 0.223 e. The van der Waals surface area contributed by atoms with Gasteiger partial charge in [-0.15, -0.1) is 0 Å². The number of hydrogen-bond acceptors (Lipinski definition) is 4. The van der Waals surface area contributed by atoms with Crippen molar-refractivity contribution in [2.75, 3.05) is 40.3 Å². The summed E-state index contributed by atoms with van der Waals surface area (Å²) in [6, 6.07) is 7.97. The van der Waals surface area contributed by atoms with E-state index in [-0.39, 0.29) is 17.2 Å². The van der Waals surface area contributed by atoms with Crippen LogP contribution in [0.1, 0.15) is 24.8 Å². The third-order valence-corrected chi connectivity index (χ3v) is 5.33. The van der Waals surface area contributed by atoms with Crippen LogP contribution in [0.5, 0.6) is 5.75 Å². The van der Waals surface area contributed by atoms with Gasteiger partial charge in [0.05, 0.1) is 0 Å². The Morgan fingerprint density at radius 2 is 2.08 bits per heavy atom. The minimum atomic E-state index is 0.208. The smallest absolute Gasteiger partial charge is 0.223 e. The average Bonchev–Trinajstić information content (AvgIpc) is 3.27. The third-order valence-electron chi connectivity index (χ3n) is 5.33. The lowest BCUT2D eigenvalue weighted by molar-refractivity contribution is -0.123. The molecule has 1 amide bonds. The Morgan fingerprint density at radius 1 is 1.33 bits per heavy atom. The zero-order valence-electron chi connectivity index (χ0n) is 14.8. The molecule has 5 nitrogen and oxygen atoms in total. The van der Waals surface area contributed by atoms with E-state index in [1.165, 1.54) is 0 Å². The SMILES string of the molecule is CN(C)CCOc1ccccc1CNC(=O)C1CC12CCNCC2. The minimum Gasteiger partial charge on any atom is -0.492 e. The molecule has 1 spiro atoms. The molecule has 0 aromatic heterocycles. The van der Waals surface area contributed by atoms with Gasteiger partial charge in [-0.3, -0.25) is 4.79 Å². The van der Waals surface area contributed by atoms with Gasteiger partial charge in [-0.05, 0) is 57.9 Å². The molecule has 1 atom stereocenters. The van der Waals surface area contributed by atoms with E-state index in [9.17, 15) is 4.79 Å². The average molecular weight is 331 g/mol. The van der Waals surface area contributed by atoms with Gasteiger partial charge < -0.3 is 20.3 Å². The molecule has 0 bridgehead atoms. The first kappa shape index (κ1) is 17.2. The molecule has 5 heteroatoms. The highest BCUT2D eigenvalue weighted by Gasteiger charge is 2.57. The van der Waals surface area contributed by atoms with Gasteiger partial charge in [0, 0.05) is 24.6 Å². The number of piperidine rings is 1. The van der Waals surface area contributed by atoms with Gasteiger partial charge in [-0.2, -0.15) is 0 Å². The fourth-order valence-electron chi connectivity index (χ4n) is 3.63. The second kappa shape index (κ2) is 7.53. The Kier molecular flexibility index (Phi) is 5.41. The zero-order valence-corrected chi connectivity index (χ0v) is 14.8. The Labute approximate surface area is 144 Å². The van der Waals surface area contributed by atoms with Gasteiger partial charge in [-0.25, -0.2) is 0 Å². The fourth-order valence-corrected chi connectivity index (χ4v) is 3.63. The molecule has 24 heavy (non-hydrogen) atoms. The minimum absolute atomic E-state index is 0.208. The monoisotopic (exact) mass is 331 g/mol. The quantitative estimate of drug-likeness (QED) is 0.797. The first-order chi connectivity index (χ1) is 11.6. The van der Waals surface area contributed by atoms with Crippen LogP contribution in [0.4, 0.5) is 0 Å². The van der Waals surface area contributed by atoms with Crippen LogP contribution in [0.3, 0.4) is 0 Å². The van der Waals surface area contributed by atoms with Crippen molar-refractivity contribution in [1.29, 1.82) is 0 Å². The van der Waals surface area contributed by atoms with Gasteiger partial charge >= 0.3 is 0 Å². The molecule has 2 N–H and O–H groups in total. The first-order valence-electron chi connectivity index (χ1n) is 8.95. The van der Waals surface area contributed by atoms with E-state index in [1.807, 2.05) is 38.4 Å². The molecule has 132 valence electrons. The highest BCUT2D eigenvalue weighted by molar-refractivity contribution is 5.82. The molecule has 1 aliphatic carbocycles. The number of para-hydroxylation sites is 1. The van der Waals surface area contributed by atoms with Crippen molar-refractivity contribution in [1.82, 2.24) is 15.5 Å². The summed E-state index contributed by atoms with van der Waals surface area (Å²) in [7, 11) is 4.06. The maximum absolute atomic E-state index is 12.5. The number of nitrogens with one attached hydrogen (secondary N) is 2. The highest BCUT2D eigenvalue weighted by atomic mass is 16.5. The van der Waals surface area contributed by atoms with Gasteiger partial charge in [0.15, 0.2) is 0 Å². The Hall–Kier alpha value is -1.59. The summed E-state index contributed by atoms with van der Waals surface area (Å²) in [5.74, 6) is 1.29. The maximum atomic E-state index is 12.5. The van der Waals surface area contributed by atoms with E-state index in [0.717, 1.165) is 50.2 Å². The molecule has 1 heterocycles. The summed E-state index contributed by atoms with van der Waals surface area (Å²) in [4.78, 5) is 14.6. The summed E-state index contributed by atoms with van der Waals surface area (Å²) in [6.07, 6.45) is 3.33. The number of rotatable bonds is 7. The van der Waals surface area contributed by atoms with Crippen LogP contribution in [-0.2, 0) is 11.3 Å². The number of carbonyl (C=O) groups is 1. The first-order valence-corrected chi connectivity index (χ1v) is 8.95. The van der Waals surface area contributed by atoms with Gasteiger partial charge in [-0.1, -0.05) is 18.2 Å². The highest BCUT2D eigenvalue weighted by Crippen LogP contribution is 2.58. The van der Waals surface area contributed by atoms with Crippen molar-refractivity contribution in [2.45, 2.75) is 25.8 Å². The van der Waals surface area contributed by atoms with Crippen molar-refractivity contribution in [3.05, 3.63) is 29.8 Å². The predicted molar refractivity (Wildman–Crippen MR) is 95.0 cm³/mol. The van der Waals surface area contributed by atoms with Crippen molar-refractivity contribution >= 4 is 5.91 Å². The third kappa shape index (κ3) is 4.08. The number of likely N-dealkylation sites (N-methyl/N-ethyl adjacent to an activating group) is 1. The fraction of sp³-hybridized carbons (Fsp3) is 0.632. The van der Waals surface area contributed by atoms with Gasteiger partial charge in [0.1, 0.15) is 12.4 Å². The molecule has 1 saturated heterocycles. The Balaban J connectivity index is 1.50. The number of ether oxygens (including phenoxy) is 1. The second-order valence-electron chi connectivity index (χ2n) is 7.35. The van der Waals surface area contributed by atoms with Crippen LogP contribution in [0.2, 0.25) is 0 Å². The molecule has 1 saturated carbocycles. The standard InChI is InChI=1S/C19H29N3O2/c1-22(2)11-12-24-17-6-4-3-5-15(17)14-21-18(23)16-13-19(16)7-9-20-10-8-19/h3-6,16,20H,7-14H2,1-2H3,(H,21,23). The topological polar surface area (TPSA) is 53.6 Å². The van der Waals surface area contributed by atoms with Gasteiger partial charge in [0.2, 0.25) is 5.91 Å². The summed E-state index contributed by atoms with van der Waals surface area (Å²) < 4.78 is 5.86. The molecule has 2 aliphatic rings. The molecule has 1 aromatic rings. The van der Waals surface area contributed by atoms with Crippen LogP contribution < -0.4 is 15.4 Å². The van der Waals surface area contributed by atoms with E-state index in [4.69, 9.17) is 4.74 Å². The summed E-state index contributed by atoms with van der Waals surface area (Å²) in [5, 5.41) is 6.50. The van der Waals surface area contributed by atoms with E-state index in [2.05, 4.69) is 15.5 Å². The van der Waals surface area contributed by atoms with Crippen LogP contribution in [0.25, 0.3) is 0 Å². The number of benzene rings is 1. The molecule has 1 aromatic carbocycles. The van der Waals surface area contributed by atoms with E-state index in [0.29, 0.717) is 13.2 Å². The normalized spacial score (nSPS) is 21.7. The van der Waals surface area contributed by atoms with E-state index < -0.39 is 0 Å². The number of carbonyl (C=O) groups excluding carboxylic acids is 1. The summed E-state index contributed by atoms with van der Waals surface area (Å²) >= 11 is 0. The molecular formula is C19H29N3O2. The lowest BCUT2D eigenvalue weighted by Gasteiger charge is -2.23. The molecule has 2 fully saturated rings. The molecule has 0 radical (unpaired) electrons. The van der Waals surface area contributed by atoms with Crippen molar-refractivity contribution in [2.24, 2.45) is 11.3 Å². The van der Waals surface area contributed by atoms with Crippen LogP contribution in [-0.4, -0.2) is 51.1 Å². The predicted octanol–water partition coefficient (Wildman–Crippen LogP) is 1.63. The summed E-state index contributed by atoms with van der Waals surface area (Å²) in [6.45, 7) is 4.16. The van der Waals surface area contributed by atoms with Crippen molar-refractivity contribution in [3.63, 3.8) is 0 Å². The van der Waals surface area contributed by atoms with Crippen LogP contribution in [0.15, 0.2) is 24.3 Å². The molecular weight excluding hydrogens is 302 g/mol. The summed E-state index contributed by atoms with van der Waals surface area (Å²) in [5.41, 5.74) is 1.33. The van der Waals surface area contributed by atoms with E-state index in [1.54, 1.807) is 0 Å². The Morgan fingerprint density at radius 3 is 2.83 bits per heavy atom. The number of nitrogens with zero attached hydrogens (tertiary/aromatic N) is 1. The van der Waals surface area contributed by atoms with Crippen LogP contribution in [0, 0.1) is 11.3 Å².